The van der Waals surface area contributed by atoms with Gasteiger partial charge in [0.15, 0.2) is 0 Å². The molecule has 1 N–H and O–H groups in total. The SMILES string of the molecule is CCCNC(Cc1cccc(F)c1Br)C(C)CC. The Bertz CT molecular complexity index is 368. The Morgan fingerprint density at radius 2 is 2.06 bits per heavy atom. The van der Waals surface area contributed by atoms with Crippen molar-refractivity contribution >= 4 is 15.9 Å². The topological polar surface area (TPSA) is 12.0 Å². The van der Waals surface area contributed by atoms with Gasteiger partial charge in [-0.25, -0.2) is 4.39 Å². The Hall–Kier alpha value is -0.410. The molecule has 1 aromatic carbocycles. The summed E-state index contributed by atoms with van der Waals surface area (Å²) in [5.74, 6) is 0.414. The lowest BCUT2D eigenvalue weighted by atomic mass is 9.93. The van der Waals surface area contributed by atoms with Crippen molar-refractivity contribution in [2.24, 2.45) is 5.92 Å². The molecular formula is C15H23BrFN. The van der Waals surface area contributed by atoms with Crippen molar-refractivity contribution in [3.05, 3.63) is 34.1 Å². The lowest BCUT2D eigenvalue weighted by Crippen LogP contribution is -2.37. The molecular weight excluding hydrogens is 293 g/mol. The van der Waals surface area contributed by atoms with E-state index >= 15 is 0 Å². The maximum Gasteiger partial charge on any atom is 0.137 e. The molecule has 1 rings (SSSR count). The summed E-state index contributed by atoms with van der Waals surface area (Å²) >= 11 is 3.35. The molecule has 0 aliphatic carbocycles. The molecule has 0 saturated heterocycles. The highest BCUT2D eigenvalue weighted by Crippen LogP contribution is 2.23. The fourth-order valence-corrected chi connectivity index (χ4v) is 2.46. The summed E-state index contributed by atoms with van der Waals surface area (Å²) in [6, 6.07) is 5.68. The smallest absolute Gasteiger partial charge is 0.137 e. The second-order valence-electron chi connectivity index (χ2n) is 4.86. The van der Waals surface area contributed by atoms with Crippen molar-refractivity contribution in [1.82, 2.24) is 5.32 Å². The number of benzene rings is 1. The molecule has 0 aromatic heterocycles. The molecule has 0 spiro atoms. The predicted octanol–water partition coefficient (Wildman–Crippen LogP) is 4.55. The van der Waals surface area contributed by atoms with Crippen LogP contribution < -0.4 is 5.32 Å². The molecule has 3 heteroatoms. The third-order valence-corrected chi connectivity index (χ3v) is 4.35. The predicted molar refractivity (Wildman–Crippen MR) is 79.3 cm³/mol. The maximum absolute atomic E-state index is 13.5. The van der Waals surface area contributed by atoms with Gasteiger partial charge in [-0.05, 0) is 52.9 Å². The molecule has 2 atom stereocenters. The highest BCUT2D eigenvalue weighted by Gasteiger charge is 2.17. The number of halogens is 2. The van der Waals surface area contributed by atoms with Gasteiger partial charge < -0.3 is 5.32 Å². The van der Waals surface area contributed by atoms with Crippen LogP contribution in [0.1, 0.15) is 39.2 Å². The van der Waals surface area contributed by atoms with Gasteiger partial charge in [-0.3, -0.25) is 0 Å². The van der Waals surface area contributed by atoms with E-state index in [0.717, 1.165) is 31.4 Å². The van der Waals surface area contributed by atoms with Gasteiger partial charge in [0.2, 0.25) is 0 Å². The normalized spacial score (nSPS) is 14.5. The van der Waals surface area contributed by atoms with E-state index in [0.29, 0.717) is 16.4 Å². The number of hydrogen-bond acceptors (Lipinski definition) is 1. The highest BCUT2D eigenvalue weighted by molar-refractivity contribution is 9.10. The van der Waals surface area contributed by atoms with Gasteiger partial charge in [0.05, 0.1) is 4.47 Å². The molecule has 1 aromatic rings. The van der Waals surface area contributed by atoms with E-state index in [2.05, 4.69) is 42.0 Å². The minimum absolute atomic E-state index is 0.175. The number of hydrogen-bond donors (Lipinski definition) is 1. The first-order valence-corrected chi connectivity index (χ1v) is 7.55. The number of nitrogens with one attached hydrogen (secondary N) is 1. The molecule has 0 bridgehead atoms. The molecule has 0 amide bonds. The van der Waals surface area contributed by atoms with Crippen molar-refractivity contribution in [3.63, 3.8) is 0 Å². The van der Waals surface area contributed by atoms with Gasteiger partial charge in [-0.2, -0.15) is 0 Å². The van der Waals surface area contributed by atoms with Crippen LogP contribution in [0.5, 0.6) is 0 Å². The van der Waals surface area contributed by atoms with Gasteiger partial charge >= 0.3 is 0 Å². The molecule has 0 radical (unpaired) electrons. The monoisotopic (exact) mass is 315 g/mol. The lowest BCUT2D eigenvalue weighted by molar-refractivity contribution is 0.364. The van der Waals surface area contributed by atoms with Gasteiger partial charge in [0, 0.05) is 6.04 Å². The summed E-state index contributed by atoms with van der Waals surface area (Å²) in [6.45, 7) is 7.63. The summed E-state index contributed by atoms with van der Waals surface area (Å²) in [6.07, 6.45) is 3.12. The Kier molecular flexibility index (Phi) is 6.87. The van der Waals surface area contributed by atoms with Crippen LogP contribution in [0.25, 0.3) is 0 Å². The van der Waals surface area contributed by atoms with Crippen LogP contribution in [0.2, 0.25) is 0 Å². The lowest BCUT2D eigenvalue weighted by Gasteiger charge is -2.25. The molecule has 2 unspecified atom stereocenters. The zero-order valence-corrected chi connectivity index (χ0v) is 13.1. The molecule has 0 saturated carbocycles. The molecule has 0 heterocycles. The van der Waals surface area contributed by atoms with E-state index in [1.807, 2.05) is 6.07 Å². The van der Waals surface area contributed by atoms with Crippen LogP contribution in [-0.4, -0.2) is 12.6 Å². The fraction of sp³-hybridized carbons (Fsp3) is 0.600. The van der Waals surface area contributed by atoms with Crippen LogP contribution in [0, 0.1) is 11.7 Å². The van der Waals surface area contributed by atoms with Gasteiger partial charge in [-0.1, -0.05) is 39.3 Å². The van der Waals surface area contributed by atoms with Gasteiger partial charge in [-0.15, -0.1) is 0 Å². The maximum atomic E-state index is 13.5. The summed E-state index contributed by atoms with van der Waals surface area (Å²) in [7, 11) is 0. The largest absolute Gasteiger partial charge is 0.313 e. The molecule has 0 aliphatic rings. The fourth-order valence-electron chi connectivity index (χ4n) is 2.03. The average molecular weight is 316 g/mol. The first-order chi connectivity index (χ1) is 8.60. The standard InChI is InChI=1S/C15H23BrFN/c1-4-9-18-14(11(3)5-2)10-12-7-6-8-13(17)15(12)16/h6-8,11,14,18H,4-5,9-10H2,1-3H3. The summed E-state index contributed by atoms with van der Waals surface area (Å²) in [5.41, 5.74) is 1.05. The van der Waals surface area contributed by atoms with E-state index in [-0.39, 0.29) is 5.82 Å². The van der Waals surface area contributed by atoms with Crippen LogP contribution in [0.15, 0.2) is 22.7 Å². The first-order valence-electron chi connectivity index (χ1n) is 6.76. The zero-order chi connectivity index (χ0) is 13.5. The Morgan fingerprint density at radius 1 is 1.33 bits per heavy atom. The summed E-state index contributed by atoms with van der Waals surface area (Å²) in [5, 5.41) is 3.57. The third-order valence-electron chi connectivity index (χ3n) is 3.46. The van der Waals surface area contributed by atoms with Crippen molar-refractivity contribution in [1.29, 1.82) is 0 Å². The van der Waals surface area contributed by atoms with Crippen LogP contribution in [0.3, 0.4) is 0 Å². The number of rotatable bonds is 7. The summed E-state index contributed by atoms with van der Waals surface area (Å²) in [4.78, 5) is 0. The van der Waals surface area contributed by atoms with Gasteiger partial charge in [0.1, 0.15) is 5.82 Å². The van der Waals surface area contributed by atoms with E-state index in [1.165, 1.54) is 6.07 Å². The highest BCUT2D eigenvalue weighted by atomic mass is 79.9. The van der Waals surface area contributed by atoms with E-state index in [4.69, 9.17) is 0 Å². The Balaban J connectivity index is 2.78. The second-order valence-corrected chi connectivity index (χ2v) is 5.66. The second kappa shape index (κ2) is 7.90. The van der Waals surface area contributed by atoms with Crippen molar-refractivity contribution in [2.75, 3.05) is 6.54 Å². The quantitative estimate of drug-likeness (QED) is 0.778. The van der Waals surface area contributed by atoms with Crippen LogP contribution in [0.4, 0.5) is 4.39 Å². The molecule has 0 aliphatic heterocycles. The minimum Gasteiger partial charge on any atom is -0.313 e. The first kappa shape index (κ1) is 15.6. The minimum atomic E-state index is -0.175. The van der Waals surface area contributed by atoms with Gasteiger partial charge in [0.25, 0.3) is 0 Å². The zero-order valence-electron chi connectivity index (χ0n) is 11.5. The van der Waals surface area contributed by atoms with Crippen molar-refractivity contribution in [3.8, 4) is 0 Å². The molecule has 18 heavy (non-hydrogen) atoms. The molecule has 0 fully saturated rings. The molecule has 1 nitrogen and oxygen atoms in total. The van der Waals surface area contributed by atoms with E-state index < -0.39 is 0 Å². The molecule has 102 valence electrons. The Morgan fingerprint density at radius 3 is 2.67 bits per heavy atom. The van der Waals surface area contributed by atoms with E-state index in [9.17, 15) is 4.39 Å². The van der Waals surface area contributed by atoms with E-state index in [1.54, 1.807) is 6.07 Å². The third kappa shape index (κ3) is 4.36. The van der Waals surface area contributed by atoms with Crippen LogP contribution in [-0.2, 0) is 6.42 Å². The van der Waals surface area contributed by atoms with Crippen LogP contribution >= 0.6 is 15.9 Å². The Labute approximate surface area is 118 Å². The average Bonchev–Trinajstić information content (AvgIpc) is 2.38. The van der Waals surface area contributed by atoms with Crippen molar-refractivity contribution < 1.29 is 4.39 Å². The van der Waals surface area contributed by atoms with Crippen molar-refractivity contribution in [2.45, 2.75) is 46.1 Å². The summed E-state index contributed by atoms with van der Waals surface area (Å²) < 4.78 is 14.1.